The van der Waals surface area contributed by atoms with Crippen molar-refractivity contribution in [1.82, 2.24) is 10.0 Å². The summed E-state index contributed by atoms with van der Waals surface area (Å²) in [5, 5.41) is 1.76. The van der Waals surface area contributed by atoms with Gasteiger partial charge in [-0.2, -0.15) is 5.01 Å². The number of Topliss-reactive ketones (excluding diaryl/α,β-unsaturated/α-hetero) is 1. The second kappa shape index (κ2) is 11.2. The molecule has 8 nitrogen and oxygen atoms in total. The van der Waals surface area contributed by atoms with E-state index in [1.807, 2.05) is 0 Å². The summed E-state index contributed by atoms with van der Waals surface area (Å²) in [6.45, 7) is -0.604. The zero-order chi connectivity index (χ0) is 26.7. The van der Waals surface area contributed by atoms with Crippen LogP contribution in [0.1, 0.15) is 43.9 Å². The largest absolute Gasteiger partial charge is 0.423 e. The molecule has 0 radical (unpaired) electrons. The fraction of sp³-hybridized carbons (Fsp3) is 0.115. The van der Waals surface area contributed by atoms with Gasteiger partial charge in [-0.05, 0) is 66.7 Å². The lowest BCUT2D eigenvalue weighted by molar-refractivity contribution is -0.152. The molecule has 1 aliphatic rings. The highest BCUT2D eigenvalue weighted by atomic mass is 79.9. The summed E-state index contributed by atoms with van der Waals surface area (Å²) in [4.78, 5) is 63.5. The number of ether oxygens (including phenoxy) is 1. The maximum absolute atomic E-state index is 13.3. The van der Waals surface area contributed by atoms with Crippen molar-refractivity contribution in [3.63, 3.8) is 0 Å². The molecule has 0 bridgehead atoms. The molecule has 37 heavy (non-hydrogen) atoms. The molecular formula is C26H17BrCl2N2O6. The van der Waals surface area contributed by atoms with Gasteiger partial charge in [0.2, 0.25) is 11.8 Å². The summed E-state index contributed by atoms with van der Waals surface area (Å²) in [6, 6.07) is 16.4. The first-order valence-corrected chi connectivity index (χ1v) is 12.4. The van der Waals surface area contributed by atoms with E-state index in [4.69, 9.17) is 27.9 Å². The topological polar surface area (TPSA) is 101 Å². The molecular weight excluding hydrogens is 587 g/mol. The summed E-state index contributed by atoms with van der Waals surface area (Å²) >= 11 is 15.4. The molecule has 1 saturated heterocycles. The number of benzene rings is 3. The Kier molecular flexibility index (Phi) is 8.06. The summed E-state index contributed by atoms with van der Waals surface area (Å²) < 4.78 is 6.15. The van der Waals surface area contributed by atoms with Gasteiger partial charge in [0.1, 0.15) is 12.3 Å². The van der Waals surface area contributed by atoms with Crippen molar-refractivity contribution < 1.29 is 28.7 Å². The van der Waals surface area contributed by atoms with Crippen molar-refractivity contribution in [2.24, 2.45) is 0 Å². The quantitative estimate of drug-likeness (QED) is 0.156. The highest BCUT2D eigenvalue weighted by Crippen LogP contribution is 2.25. The number of hydrogen-bond donors (Lipinski definition) is 0. The van der Waals surface area contributed by atoms with Gasteiger partial charge in [-0.25, -0.2) is 9.80 Å². The number of esters is 1. The van der Waals surface area contributed by atoms with Crippen LogP contribution in [0.25, 0.3) is 0 Å². The normalized spacial score (nSPS) is 13.0. The molecule has 11 heteroatoms. The molecule has 0 spiro atoms. The van der Waals surface area contributed by atoms with Crippen molar-refractivity contribution in [2.45, 2.75) is 12.8 Å². The Bertz CT molecular complexity index is 1390. The van der Waals surface area contributed by atoms with E-state index in [0.717, 1.165) is 9.48 Å². The maximum Gasteiger partial charge on any atom is 0.343 e. The summed E-state index contributed by atoms with van der Waals surface area (Å²) in [7, 11) is 0. The van der Waals surface area contributed by atoms with Gasteiger partial charge in [-0.15, -0.1) is 0 Å². The Hall–Kier alpha value is -3.53. The first kappa shape index (κ1) is 26.5. The van der Waals surface area contributed by atoms with E-state index in [1.165, 1.54) is 42.5 Å². The fourth-order valence-electron chi connectivity index (χ4n) is 3.56. The van der Waals surface area contributed by atoms with E-state index >= 15 is 0 Å². The van der Waals surface area contributed by atoms with Crippen LogP contribution < -0.4 is 4.74 Å². The average Bonchev–Trinajstić information content (AvgIpc) is 3.20. The third kappa shape index (κ3) is 6.07. The van der Waals surface area contributed by atoms with Crippen LogP contribution in [-0.2, 0) is 9.59 Å². The van der Waals surface area contributed by atoms with E-state index < -0.39 is 36.0 Å². The average molecular weight is 604 g/mol. The number of ketones is 1. The van der Waals surface area contributed by atoms with Gasteiger partial charge in [0.15, 0.2) is 5.78 Å². The molecule has 3 amide bonds. The number of halogens is 3. The molecule has 0 atom stereocenters. The van der Waals surface area contributed by atoms with Gasteiger partial charge in [-0.3, -0.25) is 19.2 Å². The summed E-state index contributed by atoms with van der Waals surface area (Å²) in [5.74, 6) is -2.95. The van der Waals surface area contributed by atoms with E-state index in [9.17, 15) is 24.0 Å². The Labute approximate surface area is 229 Å². The number of carbonyl (C=O) groups is 5. The van der Waals surface area contributed by atoms with Gasteiger partial charge in [0, 0.05) is 27.9 Å². The molecule has 0 saturated carbocycles. The number of hydrazine groups is 1. The molecule has 4 rings (SSSR count). The zero-order valence-corrected chi connectivity index (χ0v) is 22.0. The molecule has 3 aromatic carbocycles. The van der Waals surface area contributed by atoms with Crippen LogP contribution >= 0.6 is 39.1 Å². The standard InChI is InChI=1S/C26H17BrCl2N2O6/c27-17-5-1-16(2-6-17)26(36)37-19-8-3-15(4-9-19)22(32)14-30(31-23(33)11-12-24(31)34)25(35)20-10-7-18(28)13-21(20)29/h1-10,13H,11-12,14H2. The van der Waals surface area contributed by atoms with Crippen LogP contribution in [0, 0.1) is 0 Å². The molecule has 0 aliphatic carbocycles. The summed E-state index contributed by atoms with van der Waals surface area (Å²) in [5.41, 5.74) is 0.488. The lowest BCUT2D eigenvalue weighted by Crippen LogP contribution is -2.51. The van der Waals surface area contributed by atoms with Crippen LogP contribution in [0.5, 0.6) is 5.75 Å². The van der Waals surface area contributed by atoms with E-state index in [-0.39, 0.29) is 34.7 Å². The second-order valence-corrected chi connectivity index (χ2v) is 9.69. The van der Waals surface area contributed by atoms with Crippen molar-refractivity contribution in [3.05, 3.63) is 97.9 Å². The SMILES string of the molecule is O=C(CN(C(=O)c1ccc(Cl)cc1Cl)N1C(=O)CCC1=O)c1ccc(OC(=O)c2ccc(Br)cc2)cc1. The molecule has 3 aromatic rings. The number of rotatable bonds is 7. The Morgan fingerprint density at radius 1 is 0.865 bits per heavy atom. The van der Waals surface area contributed by atoms with Crippen molar-refractivity contribution in [1.29, 1.82) is 0 Å². The monoisotopic (exact) mass is 602 g/mol. The smallest absolute Gasteiger partial charge is 0.343 e. The minimum atomic E-state index is -0.807. The Morgan fingerprint density at radius 3 is 2.05 bits per heavy atom. The number of amides is 3. The third-order valence-electron chi connectivity index (χ3n) is 5.42. The van der Waals surface area contributed by atoms with Crippen molar-refractivity contribution in [2.75, 3.05) is 6.54 Å². The highest BCUT2D eigenvalue weighted by Gasteiger charge is 2.38. The molecule has 0 aromatic heterocycles. The predicted octanol–water partition coefficient (Wildman–Crippen LogP) is 5.36. The molecule has 0 unspecified atom stereocenters. The Morgan fingerprint density at radius 2 is 1.46 bits per heavy atom. The second-order valence-electron chi connectivity index (χ2n) is 7.93. The predicted molar refractivity (Wildman–Crippen MR) is 138 cm³/mol. The lowest BCUT2D eigenvalue weighted by atomic mass is 10.1. The first-order chi connectivity index (χ1) is 17.6. The van der Waals surface area contributed by atoms with E-state index in [1.54, 1.807) is 24.3 Å². The summed E-state index contributed by atoms with van der Waals surface area (Å²) in [6.07, 6.45) is -0.160. The van der Waals surface area contributed by atoms with Crippen LogP contribution in [0.2, 0.25) is 10.0 Å². The highest BCUT2D eigenvalue weighted by molar-refractivity contribution is 9.10. The first-order valence-electron chi connectivity index (χ1n) is 10.9. The van der Waals surface area contributed by atoms with Gasteiger partial charge in [-0.1, -0.05) is 39.1 Å². The minimum absolute atomic E-state index is 0.00554. The zero-order valence-electron chi connectivity index (χ0n) is 18.9. The van der Waals surface area contributed by atoms with Gasteiger partial charge in [0.05, 0.1) is 16.1 Å². The molecule has 0 N–H and O–H groups in total. The molecule has 1 aliphatic heterocycles. The number of hydrogen-bond acceptors (Lipinski definition) is 6. The fourth-order valence-corrected chi connectivity index (χ4v) is 4.31. The van der Waals surface area contributed by atoms with Gasteiger partial charge < -0.3 is 4.74 Å². The molecule has 1 heterocycles. The van der Waals surface area contributed by atoms with Crippen molar-refractivity contribution in [3.8, 4) is 5.75 Å². The van der Waals surface area contributed by atoms with Crippen LogP contribution in [-0.4, -0.2) is 46.0 Å². The minimum Gasteiger partial charge on any atom is -0.423 e. The number of nitrogens with zero attached hydrogens (tertiary/aromatic N) is 2. The lowest BCUT2D eigenvalue weighted by Gasteiger charge is -2.29. The van der Waals surface area contributed by atoms with Crippen LogP contribution in [0.3, 0.4) is 0 Å². The Balaban J connectivity index is 1.53. The number of imide groups is 1. The van der Waals surface area contributed by atoms with Crippen LogP contribution in [0.15, 0.2) is 71.2 Å². The third-order valence-corrected chi connectivity index (χ3v) is 6.50. The number of carbonyl (C=O) groups excluding carboxylic acids is 5. The molecule has 1 fully saturated rings. The maximum atomic E-state index is 13.3. The van der Waals surface area contributed by atoms with Gasteiger partial charge >= 0.3 is 5.97 Å². The van der Waals surface area contributed by atoms with Crippen molar-refractivity contribution >= 4 is 68.6 Å². The van der Waals surface area contributed by atoms with Crippen LogP contribution in [0.4, 0.5) is 0 Å². The van der Waals surface area contributed by atoms with Gasteiger partial charge in [0.25, 0.3) is 5.91 Å². The molecule has 188 valence electrons. The van der Waals surface area contributed by atoms with E-state index in [0.29, 0.717) is 15.6 Å². The van der Waals surface area contributed by atoms with E-state index in [2.05, 4.69) is 15.9 Å².